The molecule has 9 heteroatoms. The zero-order chi connectivity index (χ0) is 31.5. The highest BCUT2D eigenvalue weighted by molar-refractivity contribution is 5.82. The number of aliphatic hydroxyl groups is 4. The van der Waals surface area contributed by atoms with Crippen LogP contribution in [0.3, 0.4) is 0 Å². The molecule has 4 aliphatic carbocycles. The first-order valence-electron chi connectivity index (χ1n) is 18.0. The van der Waals surface area contributed by atoms with Crippen LogP contribution in [0.25, 0.3) is 0 Å². The van der Waals surface area contributed by atoms with Crippen molar-refractivity contribution in [1.82, 2.24) is 0 Å². The highest BCUT2D eigenvalue weighted by atomic mass is 16.5. The number of quaternary nitrogens is 1. The fourth-order valence-electron chi connectivity index (χ4n) is 11.3. The maximum atomic E-state index is 14.8. The van der Waals surface area contributed by atoms with Crippen molar-refractivity contribution >= 4 is 5.78 Å². The maximum Gasteiger partial charge on any atom is 0.139 e. The van der Waals surface area contributed by atoms with Gasteiger partial charge in [0.1, 0.15) is 18.1 Å². The summed E-state index contributed by atoms with van der Waals surface area (Å²) in [6, 6.07) is 0. The van der Waals surface area contributed by atoms with Crippen molar-refractivity contribution in [2.45, 2.75) is 158 Å². The van der Waals surface area contributed by atoms with Gasteiger partial charge >= 0.3 is 0 Å². The largest absolute Gasteiger partial charge is 0.392 e. The first-order chi connectivity index (χ1) is 21.1. The Morgan fingerprint density at radius 1 is 0.864 bits per heavy atom. The molecule has 5 rings (SSSR count). The Bertz CT molecular complexity index is 925. The van der Waals surface area contributed by atoms with E-state index in [1.807, 2.05) is 0 Å². The number of hydrogen-bond donors (Lipinski definition) is 6. The highest BCUT2D eigenvalue weighted by Crippen LogP contribution is 2.69. The van der Waals surface area contributed by atoms with Gasteiger partial charge in [0, 0.05) is 33.5 Å². The van der Waals surface area contributed by atoms with Crippen LogP contribution in [0.4, 0.5) is 0 Å². The standard InChI is InChI=1S/C35H62N2O7/c1-43-29-19-22(6-9-25(29)38)7-10-26(39)32(27(40)11-8-23-18-28(41)33(42)30(20-23)44-2)35(24-12-17-37-31(36)21-24)16-5-15-34(35)13-3-4-14-34/h22-26,28-33,37-39,41-42H,3-21,36H2,1-2H3/p+1. The molecule has 9 nitrogen and oxygen atoms in total. The van der Waals surface area contributed by atoms with Crippen molar-refractivity contribution in [3.8, 4) is 0 Å². The van der Waals surface area contributed by atoms with Gasteiger partial charge in [-0.1, -0.05) is 19.3 Å². The Kier molecular flexibility index (Phi) is 11.9. The van der Waals surface area contributed by atoms with Gasteiger partial charge in [0.2, 0.25) is 0 Å². The van der Waals surface area contributed by atoms with Gasteiger partial charge in [-0.25, -0.2) is 0 Å². The van der Waals surface area contributed by atoms with Crippen LogP contribution < -0.4 is 11.1 Å². The number of hydrogen-bond acceptors (Lipinski definition) is 8. The van der Waals surface area contributed by atoms with Crippen LogP contribution in [0, 0.1) is 34.5 Å². The average molecular weight is 624 g/mol. The van der Waals surface area contributed by atoms with E-state index in [2.05, 4.69) is 5.32 Å². The molecule has 0 radical (unpaired) electrons. The van der Waals surface area contributed by atoms with E-state index < -0.39 is 36.4 Å². The number of Topliss-reactive ketones (excluding diaryl/α,β-unsaturated/α-hetero) is 1. The maximum absolute atomic E-state index is 14.8. The molecule has 1 heterocycles. The minimum absolute atomic E-state index is 0.0401. The molecule has 4 saturated carbocycles. The molecule has 5 aliphatic rings. The van der Waals surface area contributed by atoms with Gasteiger partial charge < -0.3 is 35.2 Å². The number of aliphatic hydroxyl groups excluding tert-OH is 4. The molecule has 5 fully saturated rings. The van der Waals surface area contributed by atoms with Gasteiger partial charge in [0.15, 0.2) is 0 Å². The fraction of sp³-hybridized carbons (Fsp3) is 0.971. The number of carbonyl (C=O) groups is 1. The van der Waals surface area contributed by atoms with Gasteiger partial charge in [-0.15, -0.1) is 0 Å². The van der Waals surface area contributed by atoms with Crippen molar-refractivity contribution in [3.63, 3.8) is 0 Å². The summed E-state index contributed by atoms with van der Waals surface area (Å²) >= 11 is 0. The third kappa shape index (κ3) is 6.96. The lowest BCUT2D eigenvalue weighted by atomic mass is 9.48. The minimum Gasteiger partial charge on any atom is -0.392 e. The molecule has 0 bridgehead atoms. The molecule has 0 aromatic carbocycles. The summed E-state index contributed by atoms with van der Waals surface area (Å²) in [7, 11) is 3.23. The summed E-state index contributed by atoms with van der Waals surface area (Å²) in [4.78, 5) is 14.8. The van der Waals surface area contributed by atoms with E-state index in [1.165, 1.54) is 12.8 Å². The number of piperidine rings is 1. The summed E-state index contributed by atoms with van der Waals surface area (Å²) < 4.78 is 11.1. The van der Waals surface area contributed by atoms with E-state index >= 15 is 0 Å². The smallest absolute Gasteiger partial charge is 0.139 e. The van der Waals surface area contributed by atoms with E-state index in [0.29, 0.717) is 43.9 Å². The second kappa shape index (κ2) is 15.1. The van der Waals surface area contributed by atoms with Crippen LogP contribution in [0.15, 0.2) is 0 Å². The lowest BCUT2D eigenvalue weighted by Crippen LogP contribution is -2.95. The van der Waals surface area contributed by atoms with Gasteiger partial charge in [0.25, 0.3) is 0 Å². The third-order valence-electron chi connectivity index (χ3n) is 13.4. The van der Waals surface area contributed by atoms with Gasteiger partial charge in [-0.2, -0.15) is 0 Å². The predicted molar refractivity (Wildman–Crippen MR) is 167 cm³/mol. The normalized spacial score (nSPS) is 42.4. The van der Waals surface area contributed by atoms with Crippen LogP contribution in [0.2, 0.25) is 0 Å². The molecule has 1 aliphatic heterocycles. The summed E-state index contributed by atoms with van der Waals surface area (Å²) in [5.41, 5.74) is 6.46. The zero-order valence-electron chi connectivity index (χ0n) is 27.5. The number of ether oxygens (including phenoxy) is 2. The predicted octanol–water partition coefficient (Wildman–Crippen LogP) is 2.40. The monoisotopic (exact) mass is 623 g/mol. The van der Waals surface area contributed by atoms with Crippen LogP contribution in [0.1, 0.15) is 116 Å². The average Bonchev–Trinajstić information content (AvgIpc) is 3.65. The number of ketones is 1. The molecule has 12 unspecified atom stereocenters. The highest BCUT2D eigenvalue weighted by Gasteiger charge is 2.65. The SMILES string of the molecule is COC1CC(CCC(O)C(C(=O)CCC2CC(O)C(O)C(OC)C2)C2(C3CC[NH2+]C(N)C3)CCCC23CCCC3)CCC1O. The molecule has 1 spiro atoms. The van der Waals surface area contributed by atoms with E-state index in [9.17, 15) is 25.2 Å². The molecule has 1 saturated heterocycles. The Morgan fingerprint density at radius 2 is 1.57 bits per heavy atom. The van der Waals surface area contributed by atoms with E-state index in [-0.39, 0.29) is 34.8 Å². The summed E-state index contributed by atoms with van der Waals surface area (Å²) in [6.45, 7) is 0.976. The molecule has 0 aromatic heterocycles. The number of nitrogens with two attached hydrogens (primary N) is 2. The van der Waals surface area contributed by atoms with Gasteiger partial charge in [-0.3, -0.25) is 10.5 Å². The van der Waals surface area contributed by atoms with Crippen molar-refractivity contribution in [2.24, 2.45) is 40.2 Å². The lowest BCUT2D eigenvalue weighted by Gasteiger charge is -2.56. The molecular weight excluding hydrogens is 560 g/mol. The zero-order valence-corrected chi connectivity index (χ0v) is 27.5. The number of methoxy groups -OCH3 is 2. The Hall–Kier alpha value is -0.650. The Labute approximate surface area is 265 Å². The Balaban J connectivity index is 1.40. The van der Waals surface area contributed by atoms with Crippen molar-refractivity contribution < 1.29 is 40.0 Å². The van der Waals surface area contributed by atoms with E-state index in [4.69, 9.17) is 15.2 Å². The van der Waals surface area contributed by atoms with Crippen molar-refractivity contribution in [1.29, 1.82) is 0 Å². The molecule has 0 aromatic rings. The quantitative estimate of drug-likeness (QED) is 0.193. The minimum atomic E-state index is -0.892. The first-order valence-corrected chi connectivity index (χ1v) is 18.0. The third-order valence-corrected chi connectivity index (χ3v) is 13.4. The molecule has 44 heavy (non-hydrogen) atoms. The van der Waals surface area contributed by atoms with Crippen molar-refractivity contribution in [3.05, 3.63) is 0 Å². The lowest BCUT2D eigenvalue weighted by molar-refractivity contribution is -0.700. The van der Waals surface area contributed by atoms with Crippen molar-refractivity contribution in [2.75, 3.05) is 20.8 Å². The summed E-state index contributed by atoms with van der Waals surface area (Å²) in [5.74, 6) is 0.573. The van der Waals surface area contributed by atoms with Crippen LogP contribution in [-0.4, -0.2) is 89.8 Å². The summed E-state index contributed by atoms with van der Waals surface area (Å²) in [6.07, 6.45) is 12.5. The number of carbonyl (C=O) groups excluding carboxylic acids is 1. The first kappa shape index (κ1) is 34.7. The molecule has 8 N–H and O–H groups in total. The van der Waals surface area contributed by atoms with Gasteiger partial charge in [0.05, 0.1) is 43.0 Å². The van der Waals surface area contributed by atoms with E-state index in [0.717, 1.165) is 77.2 Å². The second-order valence-electron chi connectivity index (χ2n) is 15.6. The molecule has 12 atom stereocenters. The molecule has 254 valence electrons. The van der Waals surface area contributed by atoms with Gasteiger partial charge in [-0.05, 0) is 106 Å². The number of rotatable bonds is 12. The van der Waals surface area contributed by atoms with E-state index in [1.54, 1.807) is 14.2 Å². The fourth-order valence-corrected chi connectivity index (χ4v) is 11.3. The van der Waals surface area contributed by atoms with Crippen LogP contribution in [-0.2, 0) is 14.3 Å². The summed E-state index contributed by atoms with van der Waals surface area (Å²) in [5, 5.41) is 45.8. The Morgan fingerprint density at radius 3 is 2.27 bits per heavy atom. The topological polar surface area (TPSA) is 159 Å². The van der Waals surface area contributed by atoms with Crippen LogP contribution >= 0.6 is 0 Å². The second-order valence-corrected chi connectivity index (χ2v) is 15.6. The molecular formula is C35H63N2O7+. The van der Waals surface area contributed by atoms with Crippen LogP contribution in [0.5, 0.6) is 0 Å². The molecule has 0 amide bonds.